The van der Waals surface area contributed by atoms with Crippen LogP contribution in [-0.2, 0) is 11.2 Å². The van der Waals surface area contributed by atoms with Crippen LogP contribution in [0.1, 0.15) is 5.56 Å². The van der Waals surface area contributed by atoms with Crippen LogP contribution in [0.4, 0.5) is 5.69 Å². The van der Waals surface area contributed by atoms with Crippen LogP contribution in [0.3, 0.4) is 0 Å². The second-order valence-electron chi connectivity index (χ2n) is 4.28. The van der Waals surface area contributed by atoms with Crippen LogP contribution < -0.4 is 10.1 Å². The Morgan fingerprint density at radius 1 is 1.20 bits per heavy atom. The fourth-order valence-corrected chi connectivity index (χ4v) is 2.46. The zero-order valence-electron chi connectivity index (χ0n) is 11.6. The van der Waals surface area contributed by atoms with Crippen molar-refractivity contribution in [1.82, 2.24) is 0 Å². The molecule has 0 aliphatic heterocycles. The van der Waals surface area contributed by atoms with Gasteiger partial charge in [0.1, 0.15) is 5.75 Å². The van der Waals surface area contributed by atoms with Crippen LogP contribution in [0, 0.1) is 0 Å². The van der Waals surface area contributed by atoms with Crippen molar-refractivity contribution in [2.24, 2.45) is 0 Å². The normalized spacial score (nSPS) is 10.1. The summed E-state index contributed by atoms with van der Waals surface area (Å²) < 4.78 is 5.16. The molecule has 0 bridgehead atoms. The topological polar surface area (TPSA) is 38.3 Å². The van der Waals surface area contributed by atoms with Crippen LogP contribution >= 0.6 is 11.8 Å². The molecule has 0 saturated heterocycles. The van der Waals surface area contributed by atoms with E-state index in [-0.39, 0.29) is 5.91 Å². The summed E-state index contributed by atoms with van der Waals surface area (Å²) in [5.41, 5.74) is 1.79. The lowest BCUT2D eigenvalue weighted by Crippen LogP contribution is -2.14. The smallest absolute Gasteiger partial charge is 0.228 e. The summed E-state index contributed by atoms with van der Waals surface area (Å²) in [7, 11) is 1.62. The number of benzene rings is 2. The first kappa shape index (κ1) is 14.5. The van der Waals surface area contributed by atoms with E-state index in [0.717, 1.165) is 21.9 Å². The third-order valence-corrected chi connectivity index (χ3v) is 3.68. The highest BCUT2D eigenvalue weighted by Gasteiger charge is 2.07. The number of amides is 1. The molecule has 0 aliphatic carbocycles. The van der Waals surface area contributed by atoms with Crippen LogP contribution in [0.15, 0.2) is 53.4 Å². The maximum atomic E-state index is 12.1. The van der Waals surface area contributed by atoms with Crippen molar-refractivity contribution in [1.29, 1.82) is 0 Å². The van der Waals surface area contributed by atoms with Gasteiger partial charge in [0, 0.05) is 4.90 Å². The van der Waals surface area contributed by atoms with Gasteiger partial charge < -0.3 is 10.1 Å². The minimum Gasteiger partial charge on any atom is -0.497 e. The van der Waals surface area contributed by atoms with Gasteiger partial charge in [-0.15, -0.1) is 11.8 Å². The third-order valence-electron chi connectivity index (χ3n) is 2.88. The highest BCUT2D eigenvalue weighted by molar-refractivity contribution is 7.98. The zero-order chi connectivity index (χ0) is 14.4. The lowest BCUT2D eigenvalue weighted by Gasteiger charge is -2.09. The van der Waals surface area contributed by atoms with E-state index in [9.17, 15) is 4.79 Å². The summed E-state index contributed by atoms with van der Waals surface area (Å²) in [4.78, 5) is 13.2. The molecule has 0 unspecified atom stereocenters. The predicted molar refractivity (Wildman–Crippen MR) is 83.6 cm³/mol. The molecular formula is C16H17NO2S. The Kier molecular flexibility index (Phi) is 5.07. The Balaban J connectivity index is 2.05. The lowest BCUT2D eigenvalue weighted by atomic mass is 10.1. The first-order valence-corrected chi connectivity index (χ1v) is 7.51. The van der Waals surface area contributed by atoms with Crippen LogP contribution in [0.25, 0.3) is 0 Å². The second kappa shape index (κ2) is 7.01. The molecule has 3 nitrogen and oxygen atoms in total. The number of thioether (sulfide) groups is 1. The van der Waals surface area contributed by atoms with Crippen molar-refractivity contribution in [3.63, 3.8) is 0 Å². The van der Waals surface area contributed by atoms with Gasteiger partial charge in [0.05, 0.1) is 19.2 Å². The van der Waals surface area contributed by atoms with E-state index in [1.807, 2.05) is 54.8 Å². The predicted octanol–water partition coefficient (Wildman–Crippen LogP) is 3.60. The minimum atomic E-state index is -0.0280. The number of para-hydroxylation sites is 1. The van der Waals surface area contributed by atoms with Gasteiger partial charge in [-0.1, -0.05) is 24.3 Å². The van der Waals surface area contributed by atoms with Gasteiger partial charge in [0.2, 0.25) is 5.91 Å². The van der Waals surface area contributed by atoms with Crippen LogP contribution in [0.5, 0.6) is 5.75 Å². The van der Waals surface area contributed by atoms with Gasteiger partial charge in [-0.25, -0.2) is 0 Å². The standard InChI is InChI=1S/C16H17NO2S/c1-19-13-7-5-6-12(10-13)11-16(18)17-14-8-3-4-9-15(14)20-2/h3-10H,11H2,1-2H3,(H,17,18). The van der Waals surface area contributed by atoms with E-state index in [2.05, 4.69) is 5.32 Å². The Labute approximate surface area is 123 Å². The molecule has 0 atom stereocenters. The Morgan fingerprint density at radius 2 is 2.00 bits per heavy atom. The number of hydrogen-bond donors (Lipinski definition) is 1. The summed E-state index contributed by atoms with van der Waals surface area (Å²) in [5.74, 6) is 0.736. The molecule has 2 rings (SSSR count). The average Bonchev–Trinajstić information content (AvgIpc) is 2.48. The summed E-state index contributed by atoms with van der Waals surface area (Å²) in [6.45, 7) is 0. The first-order chi connectivity index (χ1) is 9.72. The lowest BCUT2D eigenvalue weighted by molar-refractivity contribution is -0.115. The van der Waals surface area contributed by atoms with Crippen molar-refractivity contribution in [3.8, 4) is 5.75 Å². The quantitative estimate of drug-likeness (QED) is 0.854. The highest BCUT2D eigenvalue weighted by atomic mass is 32.2. The number of hydrogen-bond acceptors (Lipinski definition) is 3. The van der Waals surface area contributed by atoms with Crippen molar-refractivity contribution in [2.75, 3.05) is 18.7 Å². The summed E-state index contributed by atoms with van der Waals surface area (Å²) in [6.07, 6.45) is 2.33. The summed E-state index contributed by atoms with van der Waals surface area (Å²) in [6, 6.07) is 15.3. The van der Waals surface area contributed by atoms with E-state index in [0.29, 0.717) is 6.42 Å². The van der Waals surface area contributed by atoms with Gasteiger partial charge in [0.15, 0.2) is 0 Å². The van der Waals surface area contributed by atoms with Crippen molar-refractivity contribution in [3.05, 3.63) is 54.1 Å². The van der Waals surface area contributed by atoms with Gasteiger partial charge in [0.25, 0.3) is 0 Å². The molecule has 2 aromatic carbocycles. The number of ether oxygens (including phenoxy) is 1. The number of anilines is 1. The van der Waals surface area contributed by atoms with Gasteiger partial charge in [-0.2, -0.15) is 0 Å². The molecule has 20 heavy (non-hydrogen) atoms. The van der Waals surface area contributed by atoms with E-state index in [1.165, 1.54) is 0 Å². The Hall–Kier alpha value is -1.94. The van der Waals surface area contributed by atoms with Crippen molar-refractivity contribution < 1.29 is 9.53 Å². The molecule has 104 valence electrons. The maximum absolute atomic E-state index is 12.1. The minimum absolute atomic E-state index is 0.0280. The maximum Gasteiger partial charge on any atom is 0.228 e. The van der Waals surface area contributed by atoms with E-state index in [1.54, 1.807) is 18.9 Å². The largest absolute Gasteiger partial charge is 0.497 e. The molecule has 1 N–H and O–H groups in total. The zero-order valence-corrected chi connectivity index (χ0v) is 12.4. The monoisotopic (exact) mass is 287 g/mol. The molecule has 1 amide bonds. The second-order valence-corrected chi connectivity index (χ2v) is 5.12. The summed E-state index contributed by atoms with van der Waals surface area (Å²) in [5, 5.41) is 2.95. The number of nitrogens with one attached hydrogen (secondary N) is 1. The Bertz CT molecular complexity index is 599. The number of methoxy groups -OCH3 is 1. The van der Waals surface area contributed by atoms with Crippen LogP contribution in [0.2, 0.25) is 0 Å². The van der Waals surface area contributed by atoms with Gasteiger partial charge >= 0.3 is 0 Å². The first-order valence-electron chi connectivity index (χ1n) is 6.28. The molecule has 4 heteroatoms. The third kappa shape index (κ3) is 3.78. The fourth-order valence-electron chi connectivity index (χ4n) is 1.91. The van der Waals surface area contributed by atoms with Gasteiger partial charge in [-0.3, -0.25) is 4.79 Å². The van der Waals surface area contributed by atoms with Crippen molar-refractivity contribution >= 4 is 23.4 Å². The SMILES string of the molecule is COc1cccc(CC(=O)Nc2ccccc2SC)c1. The highest BCUT2D eigenvalue weighted by Crippen LogP contribution is 2.24. The molecule has 0 aliphatic rings. The van der Waals surface area contributed by atoms with Crippen molar-refractivity contribution in [2.45, 2.75) is 11.3 Å². The Morgan fingerprint density at radius 3 is 2.75 bits per heavy atom. The van der Waals surface area contributed by atoms with E-state index in [4.69, 9.17) is 4.74 Å². The molecule has 0 aromatic heterocycles. The van der Waals surface area contributed by atoms with Crippen LogP contribution in [-0.4, -0.2) is 19.3 Å². The average molecular weight is 287 g/mol. The molecule has 0 saturated carbocycles. The number of rotatable bonds is 5. The molecule has 2 aromatic rings. The molecule has 0 heterocycles. The fraction of sp³-hybridized carbons (Fsp3) is 0.188. The molecule has 0 fully saturated rings. The molecular weight excluding hydrogens is 270 g/mol. The number of carbonyl (C=O) groups excluding carboxylic acids is 1. The molecule has 0 spiro atoms. The molecule has 0 radical (unpaired) electrons. The van der Waals surface area contributed by atoms with E-state index < -0.39 is 0 Å². The number of carbonyl (C=O) groups is 1. The van der Waals surface area contributed by atoms with Gasteiger partial charge in [-0.05, 0) is 36.1 Å². The van der Waals surface area contributed by atoms with E-state index >= 15 is 0 Å². The summed E-state index contributed by atoms with van der Waals surface area (Å²) >= 11 is 1.62.